The van der Waals surface area contributed by atoms with E-state index in [0.717, 1.165) is 0 Å². The van der Waals surface area contributed by atoms with Gasteiger partial charge in [0.15, 0.2) is 9.84 Å². The summed E-state index contributed by atoms with van der Waals surface area (Å²) in [5.74, 6) is 0.144. The van der Waals surface area contributed by atoms with Crippen LogP contribution >= 0.6 is 11.8 Å². The lowest BCUT2D eigenvalue weighted by atomic mass is 10.1. The fourth-order valence-corrected chi connectivity index (χ4v) is 4.26. The Labute approximate surface area is 140 Å². The molecule has 126 valence electrons. The molecule has 1 fully saturated rings. The molecule has 1 aromatic rings. The summed E-state index contributed by atoms with van der Waals surface area (Å²) in [4.78, 5) is 25.7. The Balaban J connectivity index is 2.06. The van der Waals surface area contributed by atoms with Gasteiger partial charge in [0.25, 0.3) is 5.91 Å². The predicted octanol–water partition coefficient (Wildman–Crippen LogP) is 0.962. The lowest BCUT2D eigenvalue weighted by molar-refractivity contribution is -0.140. The first-order valence-corrected chi connectivity index (χ1v) is 10.2. The van der Waals surface area contributed by atoms with Gasteiger partial charge in [-0.25, -0.2) is 8.42 Å². The summed E-state index contributed by atoms with van der Waals surface area (Å²) in [7, 11) is -1.76. The molecule has 0 saturated carbocycles. The summed E-state index contributed by atoms with van der Waals surface area (Å²) in [6.07, 6.45) is 1.17. The normalized spacial score (nSPS) is 18.5. The van der Waals surface area contributed by atoms with Crippen LogP contribution in [0, 0.1) is 0 Å². The Morgan fingerprint density at radius 2 is 1.96 bits per heavy atom. The molecule has 0 spiro atoms. The van der Waals surface area contributed by atoms with Crippen LogP contribution in [0.15, 0.2) is 24.3 Å². The van der Waals surface area contributed by atoms with Gasteiger partial charge in [0.05, 0.1) is 12.9 Å². The van der Waals surface area contributed by atoms with Gasteiger partial charge in [-0.2, -0.15) is 0 Å². The van der Waals surface area contributed by atoms with Crippen molar-refractivity contribution in [3.05, 3.63) is 35.4 Å². The molecule has 1 aliphatic heterocycles. The number of hydrogen-bond donors (Lipinski definition) is 0. The van der Waals surface area contributed by atoms with E-state index in [0.29, 0.717) is 30.0 Å². The number of hydrogen-bond acceptors (Lipinski definition) is 6. The van der Waals surface area contributed by atoms with E-state index in [4.69, 9.17) is 4.74 Å². The summed E-state index contributed by atoms with van der Waals surface area (Å²) >= 11 is 1.49. The number of thioether (sulfide) groups is 1. The molecule has 6 nitrogen and oxygen atoms in total. The first kappa shape index (κ1) is 17.8. The molecule has 0 aromatic heterocycles. The van der Waals surface area contributed by atoms with Crippen LogP contribution in [0.1, 0.15) is 15.9 Å². The third-order valence-electron chi connectivity index (χ3n) is 3.45. The first-order valence-electron chi connectivity index (χ1n) is 7.05. The molecule has 0 bridgehead atoms. The van der Waals surface area contributed by atoms with Crippen molar-refractivity contribution in [3.8, 4) is 0 Å². The van der Waals surface area contributed by atoms with E-state index in [1.807, 2.05) is 0 Å². The van der Waals surface area contributed by atoms with Gasteiger partial charge in [0.1, 0.15) is 5.25 Å². The van der Waals surface area contributed by atoms with Crippen LogP contribution in [0.5, 0.6) is 0 Å². The van der Waals surface area contributed by atoms with Crippen molar-refractivity contribution >= 4 is 33.5 Å². The summed E-state index contributed by atoms with van der Waals surface area (Å²) in [5.41, 5.74) is 1.13. The number of nitrogens with zero attached hydrogens (tertiary/aromatic N) is 1. The van der Waals surface area contributed by atoms with Crippen molar-refractivity contribution in [1.29, 1.82) is 0 Å². The largest absolute Gasteiger partial charge is 0.468 e. The fraction of sp³-hybridized carbons (Fsp3) is 0.467. The number of benzene rings is 1. The number of rotatable bonds is 4. The highest BCUT2D eigenvalue weighted by atomic mass is 32.2. The second kappa shape index (κ2) is 7.35. The second-order valence-electron chi connectivity index (χ2n) is 5.40. The zero-order valence-corrected chi connectivity index (χ0v) is 14.7. The van der Waals surface area contributed by atoms with Gasteiger partial charge < -0.3 is 9.64 Å². The Morgan fingerprint density at radius 1 is 1.30 bits per heavy atom. The molecular weight excluding hydrogens is 338 g/mol. The molecule has 1 amide bonds. The van der Waals surface area contributed by atoms with Crippen LogP contribution in [0.4, 0.5) is 0 Å². The number of amides is 1. The Morgan fingerprint density at radius 3 is 2.52 bits per heavy atom. The molecule has 0 aliphatic carbocycles. The van der Waals surface area contributed by atoms with E-state index in [2.05, 4.69) is 0 Å². The Hall–Kier alpha value is -1.54. The number of sulfone groups is 1. The van der Waals surface area contributed by atoms with Crippen LogP contribution in [0.25, 0.3) is 0 Å². The molecule has 0 N–H and O–H groups in total. The van der Waals surface area contributed by atoms with Gasteiger partial charge in [-0.1, -0.05) is 12.1 Å². The fourth-order valence-electron chi connectivity index (χ4n) is 2.34. The van der Waals surface area contributed by atoms with Crippen molar-refractivity contribution in [2.75, 3.05) is 32.2 Å². The standard InChI is InChI=1S/C15H19NO5S2/c1-21-15(18)13-9-16(7-8-22-13)14(17)12-5-3-11(4-6-12)10-23(2,19)20/h3-6,13H,7-10H2,1-2H3/t13-/m0/s1. The SMILES string of the molecule is COC(=O)[C@@H]1CN(C(=O)c2ccc(CS(C)(=O)=O)cc2)CCS1. The molecule has 23 heavy (non-hydrogen) atoms. The molecular formula is C15H19NO5S2. The Bertz CT molecular complexity index is 684. The summed E-state index contributed by atoms with van der Waals surface area (Å²) < 4.78 is 27.3. The number of methoxy groups -OCH3 is 1. The quantitative estimate of drug-likeness (QED) is 0.747. The summed E-state index contributed by atoms with van der Waals surface area (Å²) in [5, 5.41) is -0.359. The highest BCUT2D eigenvalue weighted by molar-refractivity contribution is 8.00. The average Bonchev–Trinajstić information content (AvgIpc) is 2.53. The van der Waals surface area contributed by atoms with E-state index in [-0.39, 0.29) is 22.9 Å². The third kappa shape index (κ3) is 4.97. The number of carbonyl (C=O) groups excluding carboxylic acids is 2. The van der Waals surface area contributed by atoms with Crippen molar-refractivity contribution in [3.63, 3.8) is 0 Å². The molecule has 0 radical (unpaired) electrons. The van der Waals surface area contributed by atoms with Crippen molar-refractivity contribution in [2.24, 2.45) is 0 Å². The number of ether oxygens (including phenoxy) is 1. The maximum absolute atomic E-state index is 12.5. The number of carbonyl (C=O) groups is 2. The highest BCUT2D eigenvalue weighted by Gasteiger charge is 2.30. The lowest BCUT2D eigenvalue weighted by Gasteiger charge is -2.31. The summed E-state index contributed by atoms with van der Waals surface area (Å²) in [6.45, 7) is 0.892. The van der Waals surface area contributed by atoms with Gasteiger partial charge in [0.2, 0.25) is 0 Å². The van der Waals surface area contributed by atoms with Crippen LogP contribution in [-0.2, 0) is 25.1 Å². The molecule has 0 unspecified atom stereocenters. The van der Waals surface area contributed by atoms with Crippen molar-refractivity contribution in [1.82, 2.24) is 4.90 Å². The van der Waals surface area contributed by atoms with Crippen molar-refractivity contribution < 1.29 is 22.7 Å². The number of esters is 1. The molecule has 1 aromatic carbocycles. The monoisotopic (exact) mass is 357 g/mol. The smallest absolute Gasteiger partial charge is 0.320 e. The minimum Gasteiger partial charge on any atom is -0.468 e. The molecule has 1 atom stereocenters. The maximum Gasteiger partial charge on any atom is 0.320 e. The van der Waals surface area contributed by atoms with Gasteiger partial charge in [-0.15, -0.1) is 11.8 Å². The van der Waals surface area contributed by atoms with Gasteiger partial charge >= 0.3 is 5.97 Å². The summed E-state index contributed by atoms with van der Waals surface area (Å²) in [6, 6.07) is 6.53. The Kier molecular flexibility index (Phi) is 5.69. The molecule has 1 heterocycles. The molecule has 2 rings (SSSR count). The van der Waals surface area contributed by atoms with E-state index in [1.165, 1.54) is 25.1 Å². The predicted molar refractivity (Wildman–Crippen MR) is 89.2 cm³/mol. The van der Waals surface area contributed by atoms with E-state index >= 15 is 0 Å². The lowest BCUT2D eigenvalue weighted by Crippen LogP contribution is -2.44. The topological polar surface area (TPSA) is 80.8 Å². The second-order valence-corrected chi connectivity index (χ2v) is 8.85. The van der Waals surface area contributed by atoms with E-state index in [9.17, 15) is 18.0 Å². The zero-order chi connectivity index (χ0) is 17.0. The maximum atomic E-state index is 12.5. The van der Waals surface area contributed by atoms with Gasteiger partial charge in [-0.3, -0.25) is 9.59 Å². The average molecular weight is 357 g/mol. The van der Waals surface area contributed by atoms with Crippen LogP contribution in [0.3, 0.4) is 0 Å². The first-order chi connectivity index (χ1) is 10.8. The molecule has 8 heteroatoms. The van der Waals surface area contributed by atoms with Crippen LogP contribution in [-0.4, -0.2) is 62.7 Å². The highest BCUT2D eigenvalue weighted by Crippen LogP contribution is 2.21. The third-order valence-corrected chi connectivity index (χ3v) is 5.47. The minimum absolute atomic E-state index is 0.0494. The van der Waals surface area contributed by atoms with Crippen molar-refractivity contribution in [2.45, 2.75) is 11.0 Å². The van der Waals surface area contributed by atoms with E-state index in [1.54, 1.807) is 29.2 Å². The van der Waals surface area contributed by atoms with Gasteiger partial charge in [-0.05, 0) is 17.7 Å². The molecule has 1 saturated heterocycles. The minimum atomic E-state index is -3.10. The van der Waals surface area contributed by atoms with Crippen LogP contribution in [0.2, 0.25) is 0 Å². The van der Waals surface area contributed by atoms with Crippen LogP contribution < -0.4 is 0 Å². The zero-order valence-electron chi connectivity index (χ0n) is 13.0. The molecule has 1 aliphatic rings. The van der Waals surface area contributed by atoms with Gasteiger partial charge in [0, 0.05) is 30.7 Å². The van der Waals surface area contributed by atoms with E-state index < -0.39 is 9.84 Å².